The third kappa shape index (κ3) is 7.82. The van der Waals surface area contributed by atoms with Gasteiger partial charge in [-0.1, -0.05) is 6.92 Å². The largest absolute Gasteiger partial charge is 0.309 e. The molecule has 0 aromatic carbocycles. The van der Waals surface area contributed by atoms with Crippen molar-refractivity contribution in [3.63, 3.8) is 0 Å². The van der Waals surface area contributed by atoms with E-state index in [2.05, 4.69) is 44.9 Å². The fourth-order valence-corrected chi connectivity index (χ4v) is 1.19. The second-order valence-electron chi connectivity index (χ2n) is 3.96. The molecule has 0 spiro atoms. The lowest BCUT2D eigenvalue weighted by Gasteiger charge is -2.18. The van der Waals surface area contributed by atoms with Gasteiger partial charge in [0.05, 0.1) is 0 Å². The molecule has 0 aliphatic rings. The molecule has 0 aliphatic carbocycles. The van der Waals surface area contributed by atoms with E-state index in [0.29, 0.717) is 0 Å². The van der Waals surface area contributed by atoms with Crippen LogP contribution in [-0.2, 0) is 0 Å². The van der Waals surface area contributed by atoms with Crippen molar-refractivity contribution in [2.75, 3.05) is 41.3 Å². The minimum atomic E-state index is 0.812. The smallest absolute Gasteiger partial charge is 0.000140 e. The van der Waals surface area contributed by atoms with Gasteiger partial charge < -0.3 is 9.80 Å². The molecule has 11 heavy (non-hydrogen) atoms. The fraction of sp³-hybridized carbons (Fsp3) is 1.00. The molecule has 0 amide bonds. The second-order valence-corrected chi connectivity index (χ2v) is 3.96. The highest BCUT2D eigenvalue weighted by atomic mass is 15.1. The Balaban J connectivity index is 3.29. The topological polar surface area (TPSA) is 6.48 Å². The first-order chi connectivity index (χ1) is 5.02. The lowest BCUT2D eigenvalue weighted by atomic mass is 10.1. The summed E-state index contributed by atoms with van der Waals surface area (Å²) in [5, 5.41) is 0. The number of nitrogens with zero attached hydrogens (tertiary/aromatic N) is 2. The average Bonchev–Trinajstić information content (AvgIpc) is 1.82. The van der Waals surface area contributed by atoms with Gasteiger partial charge in [-0.25, -0.2) is 0 Å². The van der Waals surface area contributed by atoms with Crippen LogP contribution in [0.5, 0.6) is 0 Å². The van der Waals surface area contributed by atoms with Crippen molar-refractivity contribution in [1.29, 1.82) is 0 Å². The molecule has 1 atom stereocenters. The molecule has 2 heteroatoms. The average molecular weight is 158 g/mol. The maximum absolute atomic E-state index is 2.31. The van der Waals surface area contributed by atoms with E-state index in [0.717, 1.165) is 5.92 Å². The van der Waals surface area contributed by atoms with Gasteiger partial charge in [-0.3, -0.25) is 0 Å². The molecule has 0 radical (unpaired) electrons. The van der Waals surface area contributed by atoms with E-state index in [9.17, 15) is 0 Å². The SMILES string of the molecule is CC(CCN(C)C)CN(C)C. The van der Waals surface area contributed by atoms with Crippen molar-refractivity contribution in [3.05, 3.63) is 0 Å². The minimum Gasteiger partial charge on any atom is -0.309 e. The van der Waals surface area contributed by atoms with Gasteiger partial charge in [-0.2, -0.15) is 0 Å². The molecular weight excluding hydrogens is 136 g/mol. The standard InChI is InChI=1S/C9H22N2/c1-9(8-11(4)5)6-7-10(2)3/h9H,6-8H2,1-5H3. The Morgan fingerprint density at radius 1 is 1.00 bits per heavy atom. The van der Waals surface area contributed by atoms with Crippen LogP contribution in [0.2, 0.25) is 0 Å². The van der Waals surface area contributed by atoms with E-state index in [1.807, 2.05) is 0 Å². The first-order valence-corrected chi connectivity index (χ1v) is 4.32. The van der Waals surface area contributed by atoms with Gasteiger partial charge in [0.25, 0.3) is 0 Å². The molecule has 0 saturated carbocycles. The van der Waals surface area contributed by atoms with Crippen molar-refractivity contribution in [2.24, 2.45) is 5.92 Å². The maximum atomic E-state index is 2.31. The summed E-state index contributed by atoms with van der Waals surface area (Å²) in [6.07, 6.45) is 1.30. The summed E-state index contributed by atoms with van der Waals surface area (Å²) in [4.78, 5) is 4.49. The van der Waals surface area contributed by atoms with Gasteiger partial charge in [0.2, 0.25) is 0 Å². The molecule has 0 N–H and O–H groups in total. The zero-order chi connectivity index (χ0) is 8.85. The summed E-state index contributed by atoms with van der Waals surface area (Å²) < 4.78 is 0. The van der Waals surface area contributed by atoms with Crippen LogP contribution in [0.25, 0.3) is 0 Å². The molecule has 0 aliphatic heterocycles. The lowest BCUT2D eigenvalue weighted by Crippen LogP contribution is -2.23. The van der Waals surface area contributed by atoms with E-state index in [1.54, 1.807) is 0 Å². The first kappa shape index (κ1) is 10.9. The van der Waals surface area contributed by atoms with E-state index < -0.39 is 0 Å². The normalized spacial score (nSPS) is 14.5. The van der Waals surface area contributed by atoms with Gasteiger partial charge in [0.1, 0.15) is 0 Å². The molecule has 68 valence electrons. The van der Waals surface area contributed by atoms with Crippen molar-refractivity contribution in [2.45, 2.75) is 13.3 Å². The van der Waals surface area contributed by atoms with Gasteiger partial charge in [0, 0.05) is 6.54 Å². The predicted molar refractivity (Wildman–Crippen MR) is 50.9 cm³/mol. The summed E-state index contributed by atoms with van der Waals surface area (Å²) in [6.45, 7) is 4.71. The Morgan fingerprint density at radius 2 is 1.55 bits per heavy atom. The zero-order valence-corrected chi connectivity index (χ0v) is 8.59. The molecule has 2 nitrogen and oxygen atoms in total. The maximum Gasteiger partial charge on any atom is 0.000140 e. The van der Waals surface area contributed by atoms with Crippen LogP contribution in [0.4, 0.5) is 0 Å². The van der Waals surface area contributed by atoms with Gasteiger partial charge in [-0.05, 0) is 47.1 Å². The van der Waals surface area contributed by atoms with Crippen LogP contribution in [0.15, 0.2) is 0 Å². The van der Waals surface area contributed by atoms with Gasteiger partial charge in [0.15, 0.2) is 0 Å². The molecule has 0 fully saturated rings. The minimum absolute atomic E-state index is 0.812. The zero-order valence-electron chi connectivity index (χ0n) is 8.59. The molecule has 0 heterocycles. The molecular formula is C9H22N2. The van der Waals surface area contributed by atoms with E-state index in [4.69, 9.17) is 0 Å². The number of rotatable bonds is 5. The Hall–Kier alpha value is -0.0800. The lowest BCUT2D eigenvalue weighted by molar-refractivity contribution is 0.295. The quantitative estimate of drug-likeness (QED) is 0.592. The number of hydrogen-bond acceptors (Lipinski definition) is 2. The van der Waals surface area contributed by atoms with Crippen LogP contribution in [-0.4, -0.2) is 51.1 Å². The molecule has 0 aromatic heterocycles. The summed E-state index contributed by atoms with van der Waals surface area (Å²) in [7, 11) is 8.52. The third-order valence-corrected chi connectivity index (χ3v) is 1.75. The summed E-state index contributed by atoms with van der Waals surface area (Å²) >= 11 is 0. The van der Waals surface area contributed by atoms with Gasteiger partial charge in [-0.15, -0.1) is 0 Å². The second kappa shape index (κ2) is 5.56. The molecule has 0 aromatic rings. The molecule has 0 bridgehead atoms. The van der Waals surface area contributed by atoms with Crippen LogP contribution >= 0.6 is 0 Å². The Kier molecular flexibility index (Phi) is 5.51. The van der Waals surface area contributed by atoms with E-state index in [-0.39, 0.29) is 0 Å². The molecule has 0 rings (SSSR count). The fourth-order valence-electron chi connectivity index (χ4n) is 1.19. The van der Waals surface area contributed by atoms with Crippen LogP contribution < -0.4 is 0 Å². The number of hydrogen-bond donors (Lipinski definition) is 0. The van der Waals surface area contributed by atoms with Crippen molar-refractivity contribution >= 4 is 0 Å². The summed E-state index contributed by atoms with van der Waals surface area (Å²) in [5.74, 6) is 0.812. The highest BCUT2D eigenvalue weighted by Gasteiger charge is 2.03. The Morgan fingerprint density at radius 3 is 1.91 bits per heavy atom. The predicted octanol–water partition coefficient (Wildman–Crippen LogP) is 1.14. The first-order valence-electron chi connectivity index (χ1n) is 4.32. The highest BCUT2D eigenvalue weighted by Crippen LogP contribution is 2.02. The van der Waals surface area contributed by atoms with E-state index in [1.165, 1.54) is 19.5 Å². The highest BCUT2D eigenvalue weighted by molar-refractivity contribution is 4.57. The summed E-state index contributed by atoms with van der Waals surface area (Å²) in [6, 6.07) is 0. The van der Waals surface area contributed by atoms with Crippen molar-refractivity contribution in [3.8, 4) is 0 Å². The van der Waals surface area contributed by atoms with Crippen molar-refractivity contribution < 1.29 is 0 Å². The molecule has 1 unspecified atom stereocenters. The van der Waals surface area contributed by atoms with Gasteiger partial charge >= 0.3 is 0 Å². The van der Waals surface area contributed by atoms with Crippen molar-refractivity contribution in [1.82, 2.24) is 9.80 Å². The third-order valence-electron chi connectivity index (χ3n) is 1.75. The Bertz CT molecular complexity index is 89.6. The van der Waals surface area contributed by atoms with Crippen LogP contribution in [0.1, 0.15) is 13.3 Å². The van der Waals surface area contributed by atoms with Crippen LogP contribution in [0.3, 0.4) is 0 Å². The van der Waals surface area contributed by atoms with E-state index >= 15 is 0 Å². The Labute approximate surface area is 71.2 Å². The summed E-state index contributed by atoms with van der Waals surface area (Å²) in [5.41, 5.74) is 0. The van der Waals surface area contributed by atoms with Crippen LogP contribution in [0, 0.1) is 5.92 Å². The monoisotopic (exact) mass is 158 g/mol. The molecule has 0 saturated heterocycles.